The van der Waals surface area contributed by atoms with Gasteiger partial charge in [0.25, 0.3) is 0 Å². The summed E-state index contributed by atoms with van der Waals surface area (Å²) in [4.78, 5) is 17.0. The fraction of sp³-hybridized carbons (Fsp3) is 0.650. The third-order valence-electron chi connectivity index (χ3n) is 5.82. The van der Waals surface area contributed by atoms with Crippen LogP contribution in [0.1, 0.15) is 12.0 Å². The molecule has 2 saturated heterocycles. The zero-order chi connectivity index (χ0) is 18.6. The zero-order valence-corrected chi connectivity index (χ0v) is 15.6. The number of aryl methyl sites for hydroxylation is 1. The average molecular weight is 376 g/mol. The molecular weight excluding hydrogens is 348 g/mol. The summed E-state index contributed by atoms with van der Waals surface area (Å²) in [6.07, 6.45) is 1.16. The van der Waals surface area contributed by atoms with Crippen molar-refractivity contribution in [3.8, 4) is 11.5 Å². The number of morpholine rings is 1. The Kier molecular flexibility index (Phi) is 5.80. The molecule has 148 valence electrons. The lowest BCUT2D eigenvalue weighted by atomic mass is 9.96. The monoisotopic (exact) mass is 376 g/mol. The number of carbonyl (C=O) groups excluding carboxylic acids is 1. The molecule has 1 aromatic carbocycles. The van der Waals surface area contributed by atoms with Gasteiger partial charge in [0.15, 0.2) is 11.5 Å². The average Bonchev–Trinajstić information content (AvgIpc) is 3.33. The first-order valence-corrected chi connectivity index (χ1v) is 9.80. The summed E-state index contributed by atoms with van der Waals surface area (Å²) in [5.74, 6) is 2.19. The summed E-state index contributed by atoms with van der Waals surface area (Å²) in [6, 6.07) is 5.85. The maximum absolute atomic E-state index is 12.7. The number of nitrogens with zero attached hydrogens (tertiary/aromatic N) is 2. The van der Waals surface area contributed by atoms with Crippen LogP contribution in [0, 0.1) is 11.8 Å². The number of hydrogen-bond acceptors (Lipinski definition) is 6. The fourth-order valence-corrected chi connectivity index (χ4v) is 4.18. The Morgan fingerprint density at radius 1 is 1.11 bits per heavy atom. The number of fused-ring (bicyclic) bond motifs is 1. The Morgan fingerprint density at radius 3 is 2.70 bits per heavy atom. The van der Waals surface area contributed by atoms with Crippen LogP contribution in [0.5, 0.6) is 11.5 Å². The van der Waals surface area contributed by atoms with Gasteiger partial charge >= 0.3 is 0 Å². The lowest BCUT2D eigenvalue weighted by molar-refractivity contribution is -0.130. The molecule has 3 aliphatic rings. The van der Waals surface area contributed by atoms with E-state index in [1.165, 1.54) is 0 Å². The summed E-state index contributed by atoms with van der Waals surface area (Å²) >= 11 is 0. The van der Waals surface area contributed by atoms with E-state index >= 15 is 0 Å². The van der Waals surface area contributed by atoms with Crippen molar-refractivity contribution in [3.63, 3.8) is 0 Å². The zero-order valence-electron chi connectivity index (χ0n) is 15.6. The Labute approximate surface area is 159 Å². The highest BCUT2D eigenvalue weighted by Crippen LogP contribution is 2.33. The van der Waals surface area contributed by atoms with Crippen LogP contribution in [0.2, 0.25) is 0 Å². The molecule has 0 saturated carbocycles. The van der Waals surface area contributed by atoms with Gasteiger partial charge in [-0.15, -0.1) is 0 Å². The summed E-state index contributed by atoms with van der Waals surface area (Å²) in [5.41, 5.74) is 1.08. The highest BCUT2D eigenvalue weighted by Gasteiger charge is 2.35. The minimum atomic E-state index is 0.140. The van der Waals surface area contributed by atoms with E-state index in [4.69, 9.17) is 14.2 Å². The molecule has 27 heavy (non-hydrogen) atoms. The molecule has 0 radical (unpaired) electrons. The number of aliphatic hydroxyl groups is 1. The summed E-state index contributed by atoms with van der Waals surface area (Å²) < 4.78 is 16.1. The van der Waals surface area contributed by atoms with E-state index in [1.54, 1.807) is 0 Å². The molecule has 0 bridgehead atoms. The molecule has 7 nitrogen and oxygen atoms in total. The first-order chi connectivity index (χ1) is 13.2. The third kappa shape index (κ3) is 4.36. The van der Waals surface area contributed by atoms with Gasteiger partial charge < -0.3 is 24.2 Å². The second-order valence-corrected chi connectivity index (χ2v) is 7.60. The van der Waals surface area contributed by atoms with E-state index in [0.29, 0.717) is 25.3 Å². The third-order valence-corrected chi connectivity index (χ3v) is 5.82. The Balaban J connectivity index is 1.29. The van der Waals surface area contributed by atoms with E-state index in [2.05, 4.69) is 4.90 Å². The largest absolute Gasteiger partial charge is 0.454 e. The molecule has 0 unspecified atom stereocenters. The SMILES string of the molecule is O=C(CCc1ccc2c(c1)OCO2)N1C[C@@H](CO)[C@@H](CN2CCOCC2)C1. The van der Waals surface area contributed by atoms with Crippen LogP contribution in [-0.2, 0) is 16.0 Å². The van der Waals surface area contributed by atoms with Crippen molar-refractivity contribution < 1.29 is 24.1 Å². The highest BCUT2D eigenvalue weighted by molar-refractivity contribution is 5.76. The number of amides is 1. The molecule has 1 amide bonds. The maximum atomic E-state index is 12.7. The normalized spacial score (nSPS) is 25.1. The first kappa shape index (κ1) is 18.5. The number of benzene rings is 1. The molecule has 3 aliphatic heterocycles. The smallest absolute Gasteiger partial charge is 0.231 e. The van der Waals surface area contributed by atoms with Crippen LogP contribution >= 0.6 is 0 Å². The lowest BCUT2D eigenvalue weighted by Crippen LogP contribution is -2.41. The molecular formula is C20H28N2O5. The molecule has 1 N–H and O–H groups in total. The second-order valence-electron chi connectivity index (χ2n) is 7.60. The Bertz CT molecular complexity index is 662. The molecule has 1 aromatic rings. The first-order valence-electron chi connectivity index (χ1n) is 9.80. The Morgan fingerprint density at radius 2 is 1.89 bits per heavy atom. The van der Waals surface area contributed by atoms with E-state index in [1.807, 2.05) is 23.1 Å². The fourth-order valence-electron chi connectivity index (χ4n) is 4.18. The van der Waals surface area contributed by atoms with Crippen molar-refractivity contribution in [2.45, 2.75) is 12.8 Å². The quantitative estimate of drug-likeness (QED) is 0.790. The lowest BCUT2D eigenvalue weighted by Gasteiger charge is -2.30. The van der Waals surface area contributed by atoms with E-state index < -0.39 is 0 Å². The van der Waals surface area contributed by atoms with Crippen LogP contribution in [0.3, 0.4) is 0 Å². The van der Waals surface area contributed by atoms with Gasteiger partial charge in [0.2, 0.25) is 12.7 Å². The van der Waals surface area contributed by atoms with Crippen molar-refractivity contribution in [2.75, 3.05) is 59.3 Å². The molecule has 7 heteroatoms. The summed E-state index contributed by atoms with van der Waals surface area (Å²) in [7, 11) is 0. The van der Waals surface area contributed by atoms with Crippen molar-refractivity contribution in [1.29, 1.82) is 0 Å². The molecule has 0 aromatic heterocycles. The van der Waals surface area contributed by atoms with Gasteiger partial charge in [-0.25, -0.2) is 0 Å². The molecule has 0 aliphatic carbocycles. The van der Waals surface area contributed by atoms with E-state index in [0.717, 1.165) is 56.5 Å². The van der Waals surface area contributed by atoms with Crippen molar-refractivity contribution >= 4 is 5.91 Å². The molecule has 4 rings (SSSR count). The highest BCUT2D eigenvalue weighted by atomic mass is 16.7. The van der Waals surface area contributed by atoms with Crippen molar-refractivity contribution in [3.05, 3.63) is 23.8 Å². The van der Waals surface area contributed by atoms with Gasteiger partial charge in [0.05, 0.1) is 13.2 Å². The van der Waals surface area contributed by atoms with Gasteiger partial charge in [-0.05, 0) is 30.0 Å². The van der Waals surface area contributed by atoms with Crippen LogP contribution in [-0.4, -0.2) is 80.2 Å². The summed E-state index contributed by atoms with van der Waals surface area (Å²) in [6.45, 7) is 6.15. The van der Waals surface area contributed by atoms with Crippen LogP contribution < -0.4 is 9.47 Å². The number of hydrogen-bond donors (Lipinski definition) is 1. The van der Waals surface area contributed by atoms with Gasteiger partial charge in [0.1, 0.15) is 0 Å². The molecule has 2 atom stereocenters. The number of carbonyl (C=O) groups is 1. The number of aliphatic hydroxyl groups excluding tert-OH is 1. The predicted octanol–water partition coefficient (Wildman–Crippen LogP) is 0.747. The van der Waals surface area contributed by atoms with Gasteiger partial charge in [0, 0.05) is 51.7 Å². The molecule has 0 spiro atoms. The van der Waals surface area contributed by atoms with Crippen LogP contribution in [0.15, 0.2) is 18.2 Å². The topological polar surface area (TPSA) is 71.5 Å². The minimum absolute atomic E-state index is 0.140. The predicted molar refractivity (Wildman–Crippen MR) is 98.8 cm³/mol. The van der Waals surface area contributed by atoms with Gasteiger partial charge in [-0.3, -0.25) is 9.69 Å². The Hall–Kier alpha value is -1.83. The van der Waals surface area contributed by atoms with E-state index in [-0.39, 0.29) is 25.2 Å². The maximum Gasteiger partial charge on any atom is 0.231 e. The number of ether oxygens (including phenoxy) is 3. The number of likely N-dealkylation sites (tertiary alicyclic amines) is 1. The van der Waals surface area contributed by atoms with Crippen LogP contribution in [0.25, 0.3) is 0 Å². The standard InChI is InChI=1S/C20H28N2O5/c23-13-17-12-22(11-16(17)10-21-5-7-25-8-6-21)20(24)4-2-15-1-3-18-19(9-15)27-14-26-18/h1,3,9,16-17,23H,2,4-8,10-14H2/t16-,17-/m0/s1. The minimum Gasteiger partial charge on any atom is -0.454 e. The number of rotatable bonds is 6. The molecule has 3 heterocycles. The molecule has 2 fully saturated rings. The van der Waals surface area contributed by atoms with Crippen LogP contribution in [0.4, 0.5) is 0 Å². The van der Waals surface area contributed by atoms with E-state index in [9.17, 15) is 9.90 Å². The van der Waals surface area contributed by atoms with Gasteiger partial charge in [-0.2, -0.15) is 0 Å². The van der Waals surface area contributed by atoms with Gasteiger partial charge in [-0.1, -0.05) is 6.07 Å². The second kappa shape index (κ2) is 8.46. The van der Waals surface area contributed by atoms with Crippen molar-refractivity contribution in [1.82, 2.24) is 9.80 Å². The van der Waals surface area contributed by atoms with Crippen molar-refractivity contribution in [2.24, 2.45) is 11.8 Å². The summed E-state index contributed by atoms with van der Waals surface area (Å²) in [5, 5.41) is 9.76.